The van der Waals surface area contributed by atoms with Crippen molar-refractivity contribution in [3.05, 3.63) is 0 Å². The number of likely N-dealkylation sites (tertiary alicyclic amines) is 2. The monoisotopic (exact) mass is 255 g/mol. The predicted molar refractivity (Wildman–Crippen MR) is 70.2 cm³/mol. The van der Waals surface area contributed by atoms with Gasteiger partial charge >= 0.3 is 5.97 Å². The summed E-state index contributed by atoms with van der Waals surface area (Å²) in [5, 5.41) is 0. The van der Waals surface area contributed by atoms with E-state index in [2.05, 4.69) is 16.8 Å². The number of fused-ring (bicyclic) bond motifs is 1. The average Bonchev–Trinajstić information content (AvgIpc) is 2.39. The van der Waals surface area contributed by atoms with E-state index in [1.54, 1.807) is 0 Å². The largest absolute Gasteiger partial charge is 0.468 e. The Kier molecular flexibility index (Phi) is 4.59. The summed E-state index contributed by atoms with van der Waals surface area (Å²) in [6.45, 7) is 3.48. The van der Waals surface area contributed by atoms with Crippen molar-refractivity contribution in [1.82, 2.24) is 9.80 Å². The number of carbonyl (C=O) groups is 1. The third-order valence-corrected chi connectivity index (χ3v) is 4.51. The fourth-order valence-electron chi connectivity index (χ4n) is 3.49. The fourth-order valence-corrected chi connectivity index (χ4v) is 3.49. The lowest BCUT2D eigenvalue weighted by molar-refractivity contribution is -0.148. The van der Waals surface area contributed by atoms with Crippen molar-refractivity contribution in [1.29, 1.82) is 0 Å². The van der Waals surface area contributed by atoms with Crippen LogP contribution in [0.3, 0.4) is 0 Å². The second kappa shape index (κ2) is 5.99. The number of methoxy groups -OCH3 is 1. The van der Waals surface area contributed by atoms with E-state index in [0.717, 1.165) is 19.5 Å². The van der Waals surface area contributed by atoms with Gasteiger partial charge < -0.3 is 15.4 Å². The first-order valence-corrected chi connectivity index (χ1v) is 6.89. The van der Waals surface area contributed by atoms with Crippen LogP contribution in [0.4, 0.5) is 0 Å². The zero-order valence-corrected chi connectivity index (χ0v) is 11.5. The van der Waals surface area contributed by atoms with Gasteiger partial charge in [0.1, 0.15) is 6.04 Å². The van der Waals surface area contributed by atoms with Gasteiger partial charge in [-0.1, -0.05) is 0 Å². The zero-order valence-electron chi connectivity index (χ0n) is 11.5. The van der Waals surface area contributed by atoms with Gasteiger partial charge in [0.25, 0.3) is 0 Å². The smallest absolute Gasteiger partial charge is 0.324 e. The van der Waals surface area contributed by atoms with Gasteiger partial charge in [0.05, 0.1) is 7.11 Å². The summed E-state index contributed by atoms with van der Waals surface area (Å²) in [5.74, 6) is 0.483. The Hall–Kier alpha value is -0.650. The summed E-state index contributed by atoms with van der Waals surface area (Å²) in [4.78, 5) is 16.4. The first-order chi connectivity index (χ1) is 8.67. The van der Waals surface area contributed by atoms with Crippen molar-refractivity contribution in [2.45, 2.75) is 31.3 Å². The van der Waals surface area contributed by atoms with Gasteiger partial charge in [0, 0.05) is 25.7 Å². The highest BCUT2D eigenvalue weighted by Crippen LogP contribution is 2.30. The number of esters is 1. The van der Waals surface area contributed by atoms with E-state index in [4.69, 9.17) is 10.5 Å². The maximum atomic E-state index is 11.7. The molecule has 18 heavy (non-hydrogen) atoms. The summed E-state index contributed by atoms with van der Waals surface area (Å²) in [6.07, 6.45) is 3.66. The van der Waals surface area contributed by atoms with Crippen LogP contribution in [0.1, 0.15) is 19.3 Å². The molecule has 104 valence electrons. The van der Waals surface area contributed by atoms with Gasteiger partial charge in [0.2, 0.25) is 0 Å². The number of piperidine rings is 2. The van der Waals surface area contributed by atoms with Gasteiger partial charge in [-0.2, -0.15) is 0 Å². The van der Waals surface area contributed by atoms with E-state index >= 15 is 0 Å². The average molecular weight is 255 g/mol. The number of hydrogen-bond acceptors (Lipinski definition) is 5. The maximum absolute atomic E-state index is 11.7. The number of hydrogen-bond donors (Lipinski definition) is 1. The quantitative estimate of drug-likeness (QED) is 0.714. The molecule has 3 atom stereocenters. The SMILES string of the molecule is COC(=O)C(CN)N1CCC2C(CCCN2C)C1. The molecular weight excluding hydrogens is 230 g/mol. The molecule has 0 aromatic rings. The molecule has 2 aliphatic rings. The Morgan fingerprint density at radius 1 is 1.44 bits per heavy atom. The van der Waals surface area contributed by atoms with Crippen LogP contribution >= 0.6 is 0 Å². The molecule has 0 spiro atoms. The molecule has 0 radical (unpaired) electrons. The normalized spacial score (nSPS) is 31.7. The van der Waals surface area contributed by atoms with Crippen LogP contribution in [0.2, 0.25) is 0 Å². The second-order valence-corrected chi connectivity index (χ2v) is 5.51. The standard InChI is InChI=1S/C13H25N3O2/c1-15-6-3-4-10-9-16(7-5-11(10)15)12(8-14)13(17)18-2/h10-12H,3-9,14H2,1-2H3. The summed E-state index contributed by atoms with van der Waals surface area (Å²) in [6, 6.07) is 0.425. The van der Waals surface area contributed by atoms with Crippen LogP contribution in [0.15, 0.2) is 0 Å². The number of ether oxygens (including phenoxy) is 1. The highest BCUT2D eigenvalue weighted by atomic mass is 16.5. The van der Waals surface area contributed by atoms with E-state index in [1.165, 1.54) is 26.5 Å². The number of rotatable bonds is 3. The number of carbonyl (C=O) groups excluding carboxylic acids is 1. The molecular formula is C13H25N3O2. The molecule has 0 aromatic heterocycles. The summed E-state index contributed by atoms with van der Waals surface area (Å²) in [5.41, 5.74) is 5.72. The Morgan fingerprint density at radius 3 is 2.89 bits per heavy atom. The summed E-state index contributed by atoms with van der Waals surface area (Å²) in [7, 11) is 3.65. The Bertz CT molecular complexity index is 298. The molecule has 0 aliphatic carbocycles. The minimum atomic E-state index is -0.261. The molecule has 5 nitrogen and oxygen atoms in total. The van der Waals surface area contributed by atoms with Crippen LogP contribution in [-0.2, 0) is 9.53 Å². The molecule has 2 aliphatic heterocycles. The molecule has 3 unspecified atom stereocenters. The Labute approximate surface area is 109 Å². The molecule has 2 heterocycles. The van der Waals surface area contributed by atoms with Crippen molar-refractivity contribution in [3.63, 3.8) is 0 Å². The van der Waals surface area contributed by atoms with Gasteiger partial charge in [-0.15, -0.1) is 0 Å². The van der Waals surface area contributed by atoms with Crippen molar-refractivity contribution in [2.24, 2.45) is 11.7 Å². The highest BCUT2D eigenvalue weighted by Gasteiger charge is 2.37. The van der Waals surface area contributed by atoms with Crippen molar-refractivity contribution >= 4 is 5.97 Å². The molecule has 0 saturated carbocycles. The van der Waals surface area contributed by atoms with Crippen molar-refractivity contribution in [2.75, 3.05) is 40.3 Å². The maximum Gasteiger partial charge on any atom is 0.324 e. The third kappa shape index (κ3) is 2.68. The lowest BCUT2D eigenvalue weighted by Gasteiger charge is -2.47. The lowest BCUT2D eigenvalue weighted by Crippen LogP contribution is -2.57. The van der Waals surface area contributed by atoms with Crippen LogP contribution in [0.5, 0.6) is 0 Å². The Balaban J connectivity index is 1.99. The molecule has 2 fully saturated rings. The number of nitrogens with two attached hydrogens (primary N) is 1. The van der Waals surface area contributed by atoms with E-state index in [9.17, 15) is 4.79 Å². The predicted octanol–water partition coefficient (Wildman–Crippen LogP) is -0.0972. The zero-order chi connectivity index (χ0) is 13.1. The molecule has 2 N–H and O–H groups in total. The van der Waals surface area contributed by atoms with Crippen molar-refractivity contribution < 1.29 is 9.53 Å². The topological polar surface area (TPSA) is 58.8 Å². The van der Waals surface area contributed by atoms with E-state index < -0.39 is 0 Å². The molecule has 0 bridgehead atoms. The van der Waals surface area contributed by atoms with Gasteiger partial charge in [-0.25, -0.2) is 0 Å². The van der Waals surface area contributed by atoms with E-state index in [-0.39, 0.29) is 12.0 Å². The van der Waals surface area contributed by atoms with Crippen LogP contribution < -0.4 is 5.73 Å². The van der Waals surface area contributed by atoms with Crippen LogP contribution in [0, 0.1) is 5.92 Å². The van der Waals surface area contributed by atoms with Gasteiger partial charge in [0.15, 0.2) is 0 Å². The number of nitrogens with zero attached hydrogens (tertiary/aromatic N) is 2. The molecule has 0 aromatic carbocycles. The van der Waals surface area contributed by atoms with Crippen LogP contribution in [-0.4, -0.2) is 68.2 Å². The molecule has 2 rings (SSSR count). The second-order valence-electron chi connectivity index (χ2n) is 5.51. The minimum Gasteiger partial charge on any atom is -0.468 e. The molecule has 2 saturated heterocycles. The van der Waals surface area contributed by atoms with E-state index in [0.29, 0.717) is 18.5 Å². The molecule has 5 heteroatoms. The minimum absolute atomic E-state index is 0.194. The lowest BCUT2D eigenvalue weighted by atomic mass is 9.83. The first-order valence-electron chi connectivity index (χ1n) is 6.89. The van der Waals surface area contributed by atoms with E-state index in [1.807, 2.05) is 0 Å². The summed E-state index contributed by atoms with van der Waals surface area (Å²) < 4.78 is 4.84. The first kappa shape index (κ1) is 13.8. The van der Waals surface area contributed by atoms with Gasteiger partial charge in [-0.3, -0.25) is 9.69 Å². The Morgan fingerprint density at radius 2 is 2.22 bits per heavy atom. The third-order valence-electron chi connectivity index (χ3n) is 4.51. The summed E-state index contributed by atoms with van der Waals surface area (Å²) >= 11 is 0. The fraction of sp³-hybridized carbons (Fsp3) is 0.923. The molecule has 0 amide bonds. The van der Waals surface area contributed by atoms with Crippen LogP contribution in [0.25, 0.3) is 0 Å². The van der Waals surface area contributed by atoms with Crippen molar-refractivity contribution in [3.8, 4) is 0 Å². The van der Waals surface area contributed by atoms with Gasteiger partial charge in [-0.05, 0) is 38.8 Å². The highest BCUT2D eigenvalue weighted by molar-refractivity contribution is 5.75.